The third-order valence-electron chi connectivity index (χ3n) is 3.20. The number of aromatic nitrogens is 2. The molecule has 1 amide bonds. The van der Waals surface area contributed by atoms with Gasteiger partial charge in [0, 0.05) is 11.7 Å². The minimum absolute atomic E-state index is 0.0458. The first-order valence-corrected chi connectivity index (χ1v) is 8.65. The Morgan fingerprint density at radius 2 is 2.13 bits per heavy atom. The molecule has 0 bridgehead atoms. The second kappa shape index (κ2) is 6.48. The summed E-state index contributed by atoms with van der Waals surface area (Å²) >= 11 is 2.51. The Morgan fingerprint density at radius 1 is 1.35 bits per heavy atom. The minimum Gasteiger partial charge on any atom is -0.300 e. The molecule has 4 nitrogen and oxygen atoms in total. The highest BCUT2D eigenvalue weighted by molar-refractivity contribution is 8.00. The predicted molar refractivity (Wildman–Crippen MR) is 82.3 cm³/mol. The van der Waals surface area contributed by atoms with Gasteiger partial charge < -0.3 is 5.32 Å². The van der Waals surface area contributed by atoms with Gasteiger partial charge in [0.25, 0.3) is 0 Å². The molecule has 1 heterocycles. The molecule has 0 radical (unpaired) electrons. The summed E-state index contributed by atoms with van der Waals surface area (Å²) in [5, 5.41) is 10.9. The van der Waals surface area contributed by atoms with Crippen LogP contribution < -0.4 is 5.32 Å². The Hall–Kier alpha value is -1.61. The van der Waals surface area contributed by atoms with Crippen LogP contribution in [0.2, 0.25) is 0 Å². The quantitative estimate of drug-likeness (QED) is 0.642. The molecular weight excluding hydrogens is 347 g/mol. The van der Waals surface area contributed by atoms with Crippen LogP contribution in [-0.2, 0) is 16.7 Å². The first-order chi connectivity index (χ1) is 10.9. The second-order valence-electron chi connectivity index (χ2n) is 5.12. The number of amides is 1. The Bertz CT molecular complexity index is 713. The van der Waals surface area contributed by atoms with Crippen LogP contribution in [0.5, 0.6) is 0 Å². The van der Waals surface area contributed by atoms with Crippen LogP contribution in [-0.4, -0.2) is 16.1 Å². The zero-order chi connectivity index (χ0) is 16.4. The zero-order valence-corrected chi connectivity index (χ0v) is 13.4. The van der Waals surface area contributed by atoms with Gasteiger partial charge in [0.15, 0.2) is 4.34 Å². The van der Waals surface area contributed by atoms with E-state index in [1.165, 1.54) is 29.2 Å². The molecule has 2 aromatic rings. The number of thioether (sulfide) groups is 1. The third kappa shape index (κ3) is 4.44. The molecular formula is C14H12F3N3OS2. The van der Waals surface area contributed by atoms with Crippen molar-refractivity contribution < 1.29 is 18.0 Å². The van der Waals surface area contributed by atoms with E-state index in [9.17, 15) is 18.0 Å². The van der Waals surface area contributed by atoms with E-state index < -0.39 is 11.7 Å². The number of carbonyl (C=O) groups excluding carboxylic acids is 1. The fourth-order valence-corrected chi connectivity index (χ4v) is 3.55. The highest BCUT2D eigenvalue weighted by Gasteiger charge is 2.31. The number of anilines is 1. The Labute approximate surface area is 138 Å². The summed E-state index contributed by atoms with van der Waals surface area (Å²) in [5.41, 5.74) is -0.103. The van der Waals surface area contributed by atoms with Crippen molar-refractivity contribution in [3.8, 4) is 0 Å². The Balaban J connectivity index is 1.58. The molecule has 1 fully saturated rings. The fourth-order valence-electron chi connectivity index (χ4n) is 1.85. The van der Waals surface area contributed by atoms with Gasteiger partial charge in [0.1, 0.15) is 0 Å². The van der Waals surface area contributed by atoms with Gasteiger partial charge in [-0.25, -0.2) is 0 Å². The first-order valence-electron chi connectivity index (χ1n) is 6.85. The number of rotatable bonds is 5. The highest BCUT2D eigenvalue weighted by atomic mass is 32.2. The van der Waals surface area contributed by atoms with Crippen molar-refractivity contribution in [3.63, 3.8) is 0 Å². The van der Waals surface area contributed by atoms with E-state index in [1.54, 1.807) is 6.07 Å². The summed E-state index contributed by atoms with van der Waals surface area (Å²) in [4.78, 5) is 11.6. The molecule has 0 unspecified atom stereocenters. The van der Waals surface area contributed by atoms with Crippen LogP contribution in [0.3, 0.4) is 0 Å². The normalized spacial score (nSPS) is 14.7. The number of benzene rings is 1. The molecule has 9 heteroatoms. The molecule has 0 atom stereocenters. The summed E-state index contributed by atoms with van der Waals surface area (Å²) in [6.07, 6.45) is -2.53. The number of nitrogens with zero attached hydrogens (tertiary/aromatic N) is 2. The minimum atomic E-state index is -4.34. The summed E-state index contributed by atoms with van der Waals surface area (Å²) in [6, 6.07) is 5.20. The van der Waals surface area contributed by atoms with Crippen LogP contribution in [0.25, 0.3) is 0 Å². The van der Waals surface area contributed by atoms with Gasteiger partial charge in [0.05, 0.1) is 5.56 Å². The van der Waals surface area contributed by atoms with Crippen LogP contribution >= 0.6 is 23.1 Å². The van der Waals surface area contributed by atoms with Crippen molar-refractivity contribution in [3.05, 3.63) is 35.4 Å². The van der Waals surface area contributed by atoms with Gasteiger partial charge in [-0.2, -0.15) is 13.2 Å². The van der Waals surface area contributed by atoms with E-state index >= 15 is 0 Å². The van der Waals surface area contributed by atoms with E-state index in [0.29, 0.717) is 20.8 Å². The van der Waals surface area contributed by atoms with E-state index in [0.717, 1.165) is 25.0 Å². The van der Waals surface area contributed by atoms with Crippen LogP contribution in [0, 0.1) is 5.92 Å². The summed E-state index contributed by atoms with van der Waals surface area (Å²) in [7, 11) is 0. The number of halogens is 3. The number of carbonyl (C=O) groups is 1. The lowest BCUT2D eigenvalue weighted by Gasteiger charge is -2.07. The van der Waals surface area contributed by atoms with Gasteiger partial charge in [-0.3, -0.25) is 4.79 Å². The lowest BCUT2D eigenvalue weighted by Crippen LogP contribution is -2.12. The maximum Gasteiger partial charge on any atom is 0.416 e. The van der Waals surface area contributed by atoms with Crippen LogP contribution in [0.15, 0.2) is 28.6 Å². The number of hydrogen-bond acceptors (Lipinski definition) is 5. The van der Waals surface area contributed by atoms with Crippen molar-refractivity contribution in [2.75, 3.05) is 5.32 Å². The van der Waals surface area contributed by atoms with Gasteiger partial charge in [-0.1, -0.05) is 41.3 Å². The molecule has 1 aliphatic carbocycles. The summed E-state index contributed by atoms with van der Waals surface area (Å²) in [5.74, 6) is 0.394. The average molecular weight is 359 g/mol. The molecule has 1 saturated carbocycles. The molecule has 0 aliphatic heterocycles. The predicted octanol–water partition coefficient (Wildman–Crippen LogP) is 4.20. The fraction of sp³-hybridized carbons (Fsp3) is 0.357. The number of nitrogens with one attached hydrogen (secondary N) is 1. The molecule has 1 aromatic carbocycles. The molecule has 23 heavy (non-hydrogen) atoms. The smallest absolute Gasteiger partial charge is 0.300 e. The first kappa shape index (κ1) is 16.3. The van der Waals surface area contributed by atoms with Crippen molar-refractivity contribution in [1.82, 2.24) is 10.2 Å². The van der Waals surface area contributed by atoms with Crippen molar-refractivity contribution >= 4 is 34.1 Å². The van der Waals surface area contributed by atoms with Crippen LogP contribution in [0.4, 0.5) is 18.3 Å². The number of hydrogen-bond donors (Lipinski definition) is 1. The van der Waals surface area contributed by atoms with Crippen molar-refractivity contribution in [1.29, 1.82) is 0 Å². The van der Waals surface area contributed by atoms with Crippen molar-refractivity contribution in [2.45, 2.75) is 29.1 Å². The topological polar surface area (TPSA) is 54.9 Å². The molecule has 0 spiro atoms. The lowest BCUT2D eigenvalue weighted by molar-refractivity contribution is -0.137. The lowest BCUT2D eigenvalue weighted by atomic mass is 10.1. The maximum atomic E-state index is 12.7. The monoisotopic (exact) mass is 359 g/mol. The molecule has 3 rings (SSSR count). The summed E-state index contributed by atoms with van der Waals surface area (Å²) in [6.45, 7) is 0. The maximum absolute atomic E-state index is 12.7. The second-order valence-corrected chi connectivity index (χ2v) is 7.32. The molecule has 122 valence electrons. The Morgan fingerprint density at radius 3 is 2.83 bits per heavy atom. The van der Waals surface area contributed by atoms with E-state index in [2.05, 4.69) is 15.5 Å². The van der Waals surface area contributed by atoms with Gasteiger partial charge >= 0.3 is 6.18 Å². The number of alkyl halides is 3. The standard InChI is InChI=1S/C14H12F3N3OS2/c15-14(16,17)10-3-1-2-8(6-10)7-22-13-20-19-12(23-13)18-11(21)9-4-5-9/h1-3,6,9H,4-5,7H2,(H,18,19,21). The highest BCUT2D eigenvalue weighted by Crippen LogP contribution is 2.34. The van der Waals surface area contributed by atoms with Gasteiger partial charge in [-0.15, -0.1) is 10.2 Å². The van der Waals surface area contributed by atoms with E-state index in [-0.39, 0.29) is 11.8 Å². The molecule has 1 N–H and O–H groups in total. The third-order valence-corrected chi connectivity index (χ3v) is 5.24. The largest absolute Gasteiger partial charge is 0.416 e. The average Bonchev–Trinajstić information content (AvgIpc) is 3.26. The molecule has 1 aliphatic rings. The van der Waals surface area contributed by atoms with Crippen LogP contribution in [0.1, 0.15) is 24.0 Å². The zero-order valence-electron chi connectivity index (χ0n) is 11.8. The van der Waals surface area contributed by atoms with Gasteiger partial charge in [0.2, 0.25) is 11.0 Å². The van der Waals surface area contributed by atoms with Gasteiger partial charge in [-0.05, 0) is 24.5 Å². The molecule has 1 aromatic heterocycles. The van der Waals surface area contributed by atoms with E-state index in [4.69, 9.17) is 0 Å². The molecule has 0 saturated heterocycles. The van der Waals surface area contributed by atoms with Crippen molar-refractivity contribution in [2.24, 2.45) is 5.92 Å². The Kier molecular flexibility index (Phi) is 4.58. The summed E-state index contributed by atoms with van der Waals surface area (Å²) < 4.78 is 38.6. The van der Waals surface area contributed by atoms with E-state index in [1.807, 2.05) is 0 Å². The SMILES string of the molecule is O=C(Nc1nnc(SCc2cccc(C(F)(F)F)c2)s1)C1CC1.